The van der Waals surface area contributed by atoms with Crippen LogP contribution >= 0.6 is 0 Å². The lowest BCUT2D eigenvalue weighted by Crippen LogP contribution is -2.24. The van der Waals surface area contributed by atoms with Crippen molar-refractivity contribution in [3.8, 4) is 6.07 Å². The SMILES string of the molecule is COC1=C(C#N)CCC(OCC(C)C)O1. The molecule has 0 aromatic rings. The summed E-state index contributed by atoms with van der Waals surface area (Å²) in [6.07, 6.45) is 1.09. The molecule has 4 heteroatoms. The Morgan fingerprint density at radius 2 is 2.33 bits per heavy atom. The van der Waals surface area contributed by atoms with Gasteiger partial charge < -0.3 is 14.2 Å². The van der Waals surface area contributed by atoms with Gasteiger partial charge in [-0.15, -0.1) is 0 Å². The van der Waals surface area contributed by atoms with E-state index < -0.39 is 0 Å². The molecule has 0 spiro atoms. The van der Waals surface area contributed by atoms with E-state index in [0.717, 1.165) is 0 Å². The standard InChI is InChI=1S/C11H17NO3/c1-8(2)7-14-10-5-4-9(6-12)11(13-3)15-10/h8,10H,4-5,7H2,1-3H3. The van der Waals surface area contributed by atoms with Gasteiger partial charge in [0.2, 0.25) is 6.29 Å². The first-order valence-electron chi connectivity index (χ1n) is 5.12. The predicted molar refractivity (Wildman–Crippen MR) is 54.5 cm³/mol. The summed E-state index contributed by atoms with van der Waals surface area (Å²) >= 11 is 0. The van der Waals surface area contributed by atoms with Crippen LogP contribution in [0.2, 0.25) is 0 Å². The van der Waals surface area contributed by atoms with Gasteiger partial charge in [0.05, 0.1) is 13.7 Å². The molecule has 0 amide bonds. The Hall–Kier alpha value is -1.21. The van der Waals surface area contributed by atoms with E-state index in [4.69, 9.17) is 19.5 Å². The van der Waals surface area contributed by atoms with Gasteiger partial charge in [-0.2, -0.15) is 5.26 Å². The predicted octanol–water partition coefficient (Wildman–Crippen LogP) is 2.18. The molecule has 0 aliphatic carbocycles. The van der Waals surface area contributed by atoms with E-state index in [1.165, 1.54) is 7.11 Å². The number of hydrogen-bond acceptors (Lipinski definition) is 4. The maximum absolute atomic E-state index is 8.79. The van der Waals surface area contributed by atoms with Gasteiger partial charge in [0.25, 0.3) is 5.95 Å². The van der Waals surface area contributed by atoms with Gasteiger partial charge in [-0.25, -0.2) is 0 Å². The molecular formula is C11H17NO3. The van der Waals surface area contributed by atoms with Crippen LogP contribution in [0.1, 0.15) is 26.7 Å². The summed E-state index contributed by atoms with van der Waals surface area (Å²) in [5, 5.41) is 8.79. The summed E-state index contributed by atoms with van der Waals surface area (Å²) in [6.45, 7) is 4.82. The van der Waals surface area contributed by atoms with Crippen LogP contribution < -0.4 is 0 Å². The Morgan fingerprint density at radius 3 is 2.87 bits per heavy atom. The molecular weight excluding hydrogens is 194 g/mol. The van der Waals surface area contributed by atoms with Crippen molar-refractivity contribution in [2.75, 3.05) is 13.7 Å². The average Bonchev–Trinajstić information content (AvgIpc) is 2.25. The number of rotatable bonds is 4. The lowest BCUT2D eigenvalue weighted by molar-refractivity contribution is -0.162. The van der Waals surface area contributed by atoms with Gasteiger partial charge >= 0.3 is 0 Å². The van der Waals surface area contributed by atoms with Crippen molar-refractivity contribution in [3.05, 3.63) is 11.5 Å². The molecule has 0 bridgehead atoms. The first-order chi connectivity index (χ1) is 7.17. The summed E-state index contributed by atoms with van der Waals surface area (Å²) in [7, 11) is 1.50. The molecule has 1 rings (SSSR count). The van der Waals surface area contributed by atoms with E-state index in [-0.39, 0.29) is 6.29 Å². The van der Waals surface area contributed by atoms with Crippen molar-refractivity contribution < 1.29 is 14.2 Å². The quantitative estimate of drug-likeness (QED) is 0.715. The molecule has 0 saturated heterocycles. The Balaban J connectivity index is 2.49. The molecule has 0 aromatic carbocycles. The molecule has 0 radical (unpaired) electrons. The van der Waals surface area contributed by atoms with Crippen molar-refractivity contribution in [2.24, 2.45) is 5.92 Å². The number of ether oxygens (including phenoxy) is 3. The smallest absolute Gasteiger partial charge is 0.295 e. The van der Waals surface area contributed by atoms with E-state index >= 15 is 0 Å². The minimum atomic E-state index is -0.278. The molecule has 1 aliphatic heterocycles. The fourth-order valence-electron chi connectivity index (χ4n) is 1.30. The fraction of sp³-hybridized carbons (Fsp3) is 0.727. The maximum Gasteiger partial charge on any atom is 0.295 e. The molecule has 15 heavy (non-hydrogen) atoms. The first-order valence-corrected chi connectivity index (χ1v) is 5.12. The second-order valence-corrected chi connectivity index (χ2v) is 3.90. The van der Waals surface area contributed by atoms with E-state index in [2.05, 4.69) is 19.9 Å². The van der Waals surface area contributed by atoms with Crippen LogP contribution in [0.15, 0.2) is 11.5 Å². The molecule has 0 fully saturated rings. The molecule has 84 valence electrons. The number of nitriles is 1. The maximum atomic E-state index is 8.79. The monoisotopic (exact) mass is 211 g/mol. The normalized spacial score (nSPS) is 21.1. The van der Waals surface area contributed by atoms with Gasteiger partial charge in [-0.1, -0.05) is 13.8 Å². The van der Waals surface area contributed by atoms with E-state index in [9.17, 15) is 0 Å². The van der Waals surface area contributed by atoms with Crippen LogP contribution in [-0.2, 0) is 14.2 Å². The minimum absolute atomic E-state index is 0.278. The van der Waals surface area contributed by atoms with Crippen LogP contribution in [-0.4, -0.2) is 20.0 Å². The zero-order chi connectivity index (χ0) is 11.3. The molecule has 4 nitrogen and oxygen atoms in total. The number of hydrogen-bond donors (Lipinski definition) is 0. The van der Waals surface area contributed by atoms with Crippen molar-refractivity contribution in [3.63, 3.8) is 0 Å². The summed E-state index contributed by atoms with van der Waals surface area (Å²) in [5.74, 6) is 0.776. The Bertz CT molecular complexity index is 278. The van der Waals surface area contributed by atoms with E-state index in [1.54, 1.807) is 0 Å². The highest BCUT2D eigenvalue weighted by Gasteiger charge is 2.23. The highest BCUT2D eigenvalue weighted by molar-refractivity contribution is 5.23. The van der Waals surface area contributed by atoms with Gasteiger partial charge in [0, 0.05) is 6.42 Å². The third-order valence-electron chi connectivity index (χ3n) is 2.05. The van der Waals surface area contributed by atoms with Gasteiger partial charge in [0.1, 0.15) is 11.6 Å². The van der Waals surface area contributed by atoms with E-state index in [0.29, 0.717) is 36.9 Å². The highest BCUT2D eigenvalue weighted by atomic mass is 16.8. The third-order valence-corrected chi connectivity index (χ3v) is 2.05. The van der Waals surface area contributed by atoms with Crippen molar-refractivity contribution >= 4 is 0 Å². The lowest BCUT2D eigenvalue weighted by Gasteiger charge is -2.25. The lowest BCUT2D eigenvalue weighted by atomic mass is 10.1. The zero-order valence-electron chi connectivity index (χ0n) is 9.45. The molecule has 0 saturated carbocycles. The fourth-order valence-corrected chi connectivity index (χ4v) is 1.30. The van der Waals surface area contributed by atoms with Crippen LogP contribution in [0.25, 0.3) is 0 Å². The topological polar surface area (TPSA) is 51.5 Å². The Kier molecular flexibility index (Phi) is 4.44. The molecule has 1 aliphatic rings. The van der Waals surface area contributed by atoms with Gasteiger partial charge in [-0.3, -0.25) is 0 Å². The molecule has 1 heterocycles. The van der Waals surface area contributed by atoms with Gasteiger partial charge in [0.15, 0.2) is 0 Å². The molecule has 0 aromatic heterocycles. The van der Waals surface area contributed by atoms with Gasteiger partial charge in [-0.05, 0) is 12.3 Å². The molecule has 1 unspecified atom stereocenters. The second kappa shape index (κ2) is 5.62. The van der Waals surface area contributed by atoms with Crippen molar-refractivity contribution in [2.45, 2.75) is 33.0 Å². The van der Waals surface area contributed by atoms with Crippen LogP contribution in [0, 0.1) is 17.2 Å². The third kappa shape index (κ3) is 3.45. The summed E-state index contributed by atoms with van der Waals surface area (Å²) in [4.78, 5) is 0. The summed E-state index contributed by atoms with van der Waals surface area (Å²) in [6, 6.07) is 2.06. The second-order valence-electron chi connectivity index (χ2n) is 3.90. The number of nitrogens with zero attached hydrogens (tertiary/aromatic N) is 1. The molecule has 0 N–H and O–H groups in total. The number of allylic oxidation sites excluding steroid dienone is 1. The summed E-state index contributed by atoms with van der Waals surface area (Å²) < 4.78 is 15.9. The highest BCUT2D eigenvalue weighted by Crippen LogP contribution is 2.24. The Labute approximate surface area is 90.4 Å². The largest absolute Gasteiger partial charge is 0.468 e. The van der Waals surface area contributed by atoms with Crippen LogP contribution in [0.4, 0.5) is 0 Å². The van der Waals surface area contributed by atoms with Crippen molar-refractivity contribution in [1.82, 2.24) is 0 Å². The minimum Gasteiger partial charge on any atom is -0.468 e. The number of methoxy groups -OCH3 is 1. The first kappa shape index (κ1) is 11.9. The van der Waals surface area contributed by atoms with Crippen LogP contribution in [0.3, 0.4) is 0 Å². The van der Waals surface area contributed by atoms with Crippen LogP contribution in [0.5, 0.6) is 0 Å². The summed E-state index contributed by atoms with van der Waals surface area (Å²) in [5.41, 5.74) is 0.557. The zero-order valence-corrected chi connectivity index (χ0v) is 9.45. The molecule has 1 atom stereocenters. The average molecular weight is 211 g/mol. The van der Waals surface area contributed by atoms with Crippen molar-refractivity contribution in [1.29, 1.82) is 5.26 Å². The Morgan fingerprint density at radius 1 is 1.60 bits per heavy atom. The van der Waals surface area contributed by atoms with E-state index in [1.807, 2.05) is 0 Å².